The van der Waals surface area contributed by atoms with Crippen molar-refractivity contribution in [3.63, 3.8) is 0 Å². The van der Waals surface area contributed by atoms with Crippen molar-refractivity contribution in [2.24, 2.45) is 0 Å². The van der Waals surface area contributed by atoms with Crippen molar-refractivity contribution in [2.75, 3.05) is 0 Å². The fourth-order valence-corrected chi connectivity index (χ4v) is 1.82. The summed E-state index contributed by atoms with van der Waals surface area (Å²) in [6.45, 7) is 0. The van der Waals surface area contributed by atoms with Gasteiger partial charge in [-0.1, -0.05) is 6.07 Å². The first-order valence-electron chi connectivity index (χ1n) is 5.88. The van der Waals surface area contributed by atoms with E-state index in [1.807, 2.05) is 0 Å². The van der Waals surface area contributed by atoms with Gasteiger partial charge in [0.05, 0.1) is 5.56 Å². The SMILES string of the molecule is O=C(O)c1ccc(-c2ncncn2)cc1-c1ncncn1. The highest BCUT2D eigenvalue weighted by molar-refractivity contribution is 5.96. The average Bonchev–Trinajstić information content (AvgIpc) is 2.56. The minimum absolute atomic E-state index is 0.0963. The summed E-state index contributed by atoms with van der Waals surface area (Å²) in [6.07, 6.45) is 5.36. The van der Waals surface area contributed by atoms with Gasteiger partial charge in [0.1, 0.15) is 25.3 Å². The van der Waals surface area contributed by atoms with Crippen LogP contribution in [0.4, 0.5) is 0 Å². The molecular weight excluding hydrogens is 272 g/mol. The van der Waals surface area contributed by atoms with E-state index in [0.29, 0.717) is 17.0 Å². The molecule has 1 N–H and O–H groups in total. The molecular formula is C13H8N6O2. The lowest BCUT2D eigenvalue weighted by molar-refractivity contribution is 0.0697. The van der Waals surface area contributed by atoms with E-state index >= 15 is 0 Å². The molecule has 3 rings (SSSR count). The van der Waals surface area contributed by atoms with Crippen LogP contribution in [-0.2, 0) is 0 Å². The molecule has 0 bridgehead atoms. The van der Waals surface area contributed by atoms with Crippen LogP contribution in [0.2, 0.25) is 0 Å². The summed E-state index contributed by atoms with van der Waals surface area (Å²) >= 11 is 0. The highest BCUT2D eigenvalue weighted by Gasteiger charge is 2.15. The summed E-state index contributed by atoms with van der Waals surface area (Å²) < 4.78 is 0. The molecule has 8 heteroatoms. The van der Waals surface area contributed by atoms with E-state index in [-0.39, 0.29) is 11.4 Å². The van der Waals surface area contributed by atoms with Crippen LogP contribution in [0.1, 0.15) is 10.4 Å². The van der Waals surface area contributed by atoms with Crippen LogP contribution in [0.15, 0.2) is 43.5 Å². The fraction of sp³-hybridized carbons (Fsp3) is 0. The minimum Gasteiger partial charge on any atom is -0.478 e. The summed E-state index contributed by atoms with van der Waals surface area (Å²) in [6, 6.07) is 4.73. The molecule has 2 heterocycles. The first-order chi connectivity index (χ1) is 10.3. The molecule has 0 aliphatic carbocycles. The Morgan fingerprint density at radius 1 is 0.857 bits per heavy atom. The van der Waals surface area contributed by atoms with E-state index in [1.54, 1.807) is 12.1 Å². The first-order valence-corrected chi connectivity index (χ1v) is 5.88. The molecule has 102 valence electrons. The molecule has 0 amide bonds. The Bertz CT molecular complexity index is 779. The summed E-state index contributed by atoms with van der Waals surface area (Å²) in [4.78, 5) is 34.8. The van der Waals surface area contributed by atoms with Gasteiger partial charge in [0.2, 0.25) is 0 Å². The number of benzene rings is 1. The molecule has 2 aromatic heterocycles. The van der Waals surface area contributed by atoms with Gasteiger partial charge in [-0.3, -0.25) is 0 Å². The first kappa shape index (κ1) is 12.7. The zero-order valence-electron chi connectivity index (χ0n) is 10.6. The van der Waals surface area contributed by atoms with E-state index in [9.17, 15) is 9.90 Å². The van der Waals surface area contributed by atoms with Gasteiger partial charge in [-0.25, -0.2) is 34.7 Å². The maximum atomic E-state index is 11.3. The quantitative estimate of drug-likeness (QED) is 0.758. The van der Waals surface area contributed by atoms with Crippen LogP contribution < -0.4 is 0 Å². The van der Waals surface area contributed by atoms with Crippen LogP contribution in [-0.4, -0.2) is 41.0 Å². The van der Waals surface area contributed by atoms with Gasteiger partial charge in [-0.05, 0) is 12.1 Å². The Labute approximate surface area is 118 Å². The third-order valence-electron chi connectivity index (χ3n) is 2.74. The van der Waals surface area contributed by atoms with Crippen LogP contribution >= 0.6 is 0 Å². The summed E-state index contributed by atoms with van der Waals surface area (Å²) in [7, 11) is 0. The van der Waals surface area contributed by atoms with Gasteiger partial charge >= 0.3 is 5.97 Å². The predicted octanol–water partition coefficient (Wildman–Crippen LogP) is 1.09. The maximum Gasteiger partial charge on any atom is 0.336 e. The van der Waals surface area contributed by atoms with Gasteiger partial charge in [0, 0.05) is 11.1 Å². The summed E-state index contributed by atoms with van der Waals surface area (Å²) in [5.41, 5.74) is 1.12. The second-order valence-corrected chi connectivity index (χ2v) is 3.99. The standard InChI is InChI=1S/C13H8N6O2/c20-13(21)9-2-1-8(11-16-4-14-5-17-11)3-10(9)12-18-6-15-7-19-12/h1-7H,(H,20,21). The number of hydrogen-bond donors (Lipinski definition) is 1. The van der Waals surface area contributed by atoms with E-state index in [4.69, 9.17) is 0 Å². The summed E-state index contributed by atoms with van der Waals surface area (Å²) in [5, 5.41) is 9.28. The van der Waals surface area contributed by atoms with Crippen molar-refractivity contribution in [1.82, 2.24) is 29.9 Å². The molecule has 0 fully saturated rings. The number of hydrogen-bond acceptors (Lipinski definition) is 7. The van der Waals surface area contributed by atoms with E-state index in [0.717, 1.165) is 0 Å². The average molecular weight is 280 g/mol. The smallest absolute Gasteiger partial charge is 0.336 e. The zero-order chi connectivity index (χ0) is 14.7. The van der Waals surface area contributed by atoms with E-state index in [1.165, 1.54) is 31.4 Å². The topological polar surface area (TPSA) is 115 Å². The van der Waals surface area contributed by atoms with Gasteiger partial charge in [-0.2, -0.15) is 0 Å². The molecule has 1 aromatic carbocycles. The Morgan fingerprint density at radius 2 is 1.43 bits per heavy atom. The number of nitrogens with zero attached hydrogens (tertiary/aromatic N) is 6. The van der Waals surface area contributed by atoms with Gasteiger partial charge in [0.15, 0.2) is 11.6 Å². The molecule has 0 atom stereocenters. The van der Waals surface area contributed by atoms with Gasteiger partial charge < -0.3 is 5.11 Å². The second kappa shape index (κ2) is 5.37. The molecule has 0 spiro atoms. The number of carboxylic acid groups (broad SMARTS) is 1. The van der Waals surface area contributed by atoms with Crippen molar-refractivity contribution in [3.05, 3.63) is 49.1 Å². The number of aromatic carboxylic acids is 1. The molecule has 0 saturated carbocycles. The van der Waals surface area contributed by atoms with Crippen molar-refractivity contribution >= 4 is 5.97 Å². The van der Waals surface area contributed by atoms with Crippen molar-refractivity contribution < 1.29 is 9.90 Å². The fourth-order valence-electron chi connectivity index (χ4n) is 1.82. The lowest BCUT2D eigenvalue weighted by Gasteiger charge is -2.07. The van der Waals surface area contributed by atoms with Crippen molar-refractivity contribution in [3.8, 4) is 22.8 Å². The number of aromatic nitrogens is 6. The lowest BCUT2D eigenvalue weighted by Crippen LogP contribution is -2.02. The number of carbonyl (C=O) groups is 1. The molecule has 21 heavy (non-hydrogen) atoms. The normalized spacial score (nSPS) is 10.3. The molecule has 0 aliphatic rings. The minimum atomic E-state index is -1.06. The lowest BCUT2D eigenvalue weighted by atomic mass is 10.0. The van der Waals surface area contributed by atoms with Crippen LogP contribution in [0.3, 0.4) is 0 Å². The van der Waals surface area contributed by atoms with Crippen molar-refractivity contribution in [1.29, 1.82) is 0 Å². The van der Waals surface area contributed by atoms with E-state index < -0.39 is 5.97 Å². The molecule has 0 aliphatic heterocycles. The second-order valence-electron chi connectivity index (χ2n) is 3.99. The van der Waals surface area contributed by atoms with Gasteiger partial charge in [0.25, 0.3) is 0 Å². The summed E-state index contributed by atoms with van der Waals surface area (Å²) in [5.74, 6) is -0.344. The van der Waals surface area contributed by atoms with Crippen LogP contribution in [0.5, 0.6) is 0 Å². The Balaban J connectivity index is 2.18. The molecule has 0 unspecified atom stereocenters. The number of carboxylic acids is 1. The predicted molar refractivity (Wildman–Crippen MR) is 71.0 cm³/mol. The maximum absolute atomic E-state index is 11.3. The molecule has 8 nitrogen and oxygen atoms in total. The molecule has 0 saturated heterocycles. The number of rotatable bonds is 3. The largest absolute Gasteiger partial charge is 0.478 e. The monoisotopic (exact) mass is 280 g/mol. The van der Waals surface area contributed by atoms with Crippen LogP contribution in [0, 0.1) is 0 Å². The Kier molecular flexibility index (Phi) is 3.26. The third-order valence-corrected chi connectivity index (χ3v) is 2.74. The van der Waals surface area contributed by atoms with E-state index in [2.05, 4.69) is 29.9 Å². The van der Waals surface area contributed by atoms with Crippen molar-refractivity contribution in [2.45, 2.75) is 0 Å². The molecule has 0 radical (unpaired) electrons. The van der Waals surface area contributed by atoms with Gasteiger partial charge in [-0.15, -0.1) is 0 Å². The third kappa shape index (κ3) is 2.54. The molecule has 3 aromatic rings. The zero-order valence-corrected chi connectivity index (χ0v) is 10.6. The highest BCUT2D eigenvalue weighted by atomic mass is 16.4. The Morgan fingerprint density at radius 3 is 2.00 bits per heavy atom. The van der Waals surface area contributed by atoms with Crippen LogP contribution in [0.25, 0.3) is 22.8 Å². The highest BCUT2D eigenvalue weighted by Crippen LogP contribution is 2.25. The Hall–Kier alpha value is -3.29.